The van der Waals surface area contributed by atoms with Gasteiger partial charge in [-0.3, -0.25) is 4.79 Å². The predicted molar refractivity (Wildman–Crippen MR) is 70.0 cm³/mol. The fraction of sp³-hybridized carbons (Fsp3) is 0.500. The third-order valence-corrected chi connectivity index (χ3v) is 2.83. The van der Waals surface area contributed by atoms with Gasteiger partial charge in [0.25, 0.3) is 5.91 Å². The smallest absolute Gasteiger partial charge is 0.253 e. The Morgan fingerprint density at radius 1 is 1.33 bits per heavy atom. The van der Waals surface area contributed by atoms with Gasteiger partial charge in [-0.1, -0.05) is 44.2 Å². The lowest BCUT2D eigenvalue weighted by Crippen LogP contribution is -2.37. The lowest BCUT2D eigenvalue weighted by Gasteiger charge is -2.19. The number of hydrogen-bond acceptors (Lipinski definition) is 3. The van der Waals surface area contributed by atoms with Gasteiger partial charge in [-0.2, -0.15) is 0 Å². The van der Waals surface area contributed by atoms with Crippen LogP contribution in [0.5, 0.6) is 0 Å². The number of amides is 1. The fourth-order valence-electron chi connectivity index (χ4n) is 1.56. The summed E-state index contributed by atoms with van der Waals surface area (Å²) in [6, 6.07) is 9.28. The molecule has 0 radical (unpaired) electrons. The van der Waals surface area contributed by atoms with Crippen molar-refractivity contribution < 1.29 is 14.6 Å². The maximum absolute atomic E-state index is 12.0. The molecule has 2 atom stereocenters. The first kappa shape index (κ1) is 14.7. The molecule has 18 heavy (non-hydrogen) atoms. The van der Waals surface area contributed by atoms with Crippen LogP contribution in [0.25, 0.3) is 0 Å². The van der Waals surface area contributed by atoms with Crippen LogP contribution in [0.3, 0.4) is 0 Å². The molecular formula is C14H21NO3. The lowest BCUT2D eigenvalue weighted by atomic mass is 10.1. The molecule has 0 bridgehead atoms. The van der Waals surface area contributed by atoms with Crippen LogP contribution in [0, 0.1) is 5.92 Å². The Balaban J connectivity index is 2.59. The van der Waals surface area contributed by atoms with Gasteiger partial charge in [-0.25, -0.2) is 0 Å². The highest BCUT2D eigenvalue weighted by Gasteiger charge is 2.20. The van der Waals surface area contributed by atoms with Gasteiger partial charge in [0.2, 0.25) is 0 Å². The molecule has 0 aromatic heterocycles. The number of ether oxygens (including phenoxy) is 1. The number of carbonyl (C=O) groups excluding carboxylic acids is 1. The average Bonchev–Trinajstić information content (AvgIpc) is 2.38. The summed E-state index contributed by atoms with van der Waals surface area (Å²) in [7, 11) is 1.50. The SMILES string of the molecule is COC(C(=O)NCC(O)C(C)C)c1ccccc1. The van der Waals surface area contributed by atoms with Gasteiger partial charge < -0.3 is 15.2 Å². The molecule has 0 aliphatic heterocycles. The Labute approximate surface area is 108 Å². The van der Waals surface area contributed by atoms with Crippen LogP contribution in [0.1, 0.15) is 25.5 Å². The first-order valence-electron chi connectivity index (χ1n) is 6.09. The van der Waals surface area contributed by atoms with E-state index >= 15 is 0 Å². The van der Waals surface area contributed by atoms with Crippen molar-refractivity contribution in [2.45, 2.75) is 26.1 Å². The van der Waals surface area contributed by atoms with Crippen molar-refractivity contribution in [2.24, 2.45) is 5.92 Å². The Bertz CT molecular complexity index is 365. The van der Waals surface area contributed by atoms with E-state index in [-0.39, 0.29) is 18.4 Å². The van der Waals surface area contributed by atoms with Crippen LogP contribution in [0.2, 0.25) is 0 Å². The summed E-state index contributed by atoms with van der Waals surface area (Å²) >= 11 is 0. The van der Waals surface area contributed by atoms with Gasteiger partial charge in [-0.05, 0) is 11.5 Å². The summed E-state index contributed by atoms with van der Waals surface area (Å²) in [5.41, 5.74) is 0.802. The van der Waals surface area contributed by atoms with Crippen molar-refractivity contribution in [3.8, 4) is 0 Å². The highest BCUT2D eigenvalue weighted by molar-refractivity contribution is 5.82. The van der Waals surface area contributed by atoms with E-state index in [1.54, 1.807) is 0 Å². The van der Waals surface area contributed by atoms with Gasteiger partial charge in [0.05, 0.1) is 6.10 Å². The molecule has 1 aromatic carbocycles. The summed E-state index contributed by atoms with van der Waals surface area (Å²) in [4.78, 5) is 12.0. The number of aliphatic hydroxyl groups excluding tert-OH is 1. The van der Waals surface area contributed by atoms with Crippen LogP contribution < -0.4 is 5.32 Å². The van der Waals surface area contributed by atoms with E-state index in [1.165, 1.54) is 7.11 Å². The number of hydrogen-bond donors (Lipinski definition) is 2. The zero-order chi connectivity index (χ0) is 13.5. The predicted octanol–water partition coefficient (Wildman–Crippen LogP) is 1.51. The van der Waals surface area contributed by atoms with Gasteiger partial charge in [0.15, 0.2) is 6.10 Å². The minimum Gasteiger partial charge on any atom is -0.391 e. The molecule has 0 saturated heterocycles. The van der Waals surface area contributed by atoms with Gasteiger partial charge in [0, 0.05) is 13.7 Å². The number of carbonyl (C=O) groups is 1. The Hall–Kier alpha value is -1.39. The van der Waals surface area contributed by atoms with Gasteiger partial charge in [0.1, 0.15) is 0 Å². The molecule has 0 saturated carbocycles. The fourth-order valence-corrected chi connectivity index (χ4v) is 1.56. The first-order chi connectivity index (χ1) is 8.56. The molecule has 0 heterocycles. The maximum Gasteiger partial charge on any atom is 0.253 e. The van der Waals surface area contributed by atoms with E-state index in [9.17, 15) is 9.90 Å². The molecule has 0 fully saturated rings. The van der Waals surface area contributed by atoms with E-state index in [2.05, 4.69) is 5.32 Å². The Kier molecular flexibility index (Phi) is 5.82. The monoisotopic (exact) mass is 251 g/mol. The van der Waals surface area contributed by atoms with Gasteiger partial charge >= 0.3 is 0 Å². The second-order valence-corrected chi connectivity index (χ2v) is 4.58. The molecule has 1 rings (SSSR count). The Morgan fingerprint density at radius 2 is 1.94 bits per heavy atom. The Morgan fingerprint density at radius 3 is 2.44 bits per heavy atom. The highest BCUT2D eigenvalue weighted by Crippen LogP contribution is 2.16. The zero-order valence-electron chi connectivity index (χ0n) is 11.1. The molecular weight excluding hydrogens is 230 g/mol. The number of methoxy groups -OCH3 is 1. The molecule has 4 nitrogen and oxygen atoms in total. The molecule has 0 aliphatic carbocycles. The standard InChI is InChI=1S/C14H21NO3/c1-10(2)12(16)9-15-14(17)13(18-3)11-7-5-4-6-8-11/h4-8,10,12-13,16H,9H2,1-3H3,(H,15,17). The molecule has 2 N–H and O–H groups in total. The highest BCUT2D eigenvalue weighted by atomic mass is 16.5. The first-order valence-corrected chi connectivity index (χ1v) is 6.09. The normalized spacial score (nSPS) is 14.3. The van der Waals surface area contributed by atoms with Crippen molar-refractivity contribution in [3.63, 3.8) is 0 Å². The van der Waals surface area contributed by atoms with E-state index in [0.717, 1.165) is 5.56 Å². The van der Waals surface area contributed by atoms with Crippen molar-refractivity contribution in [3.05, 3.63) is 35.9 Å². The summed E-state index contributed by atoms with van der Waals surface area (Å²) in [6.45, 7) is 4.05. The molecule has 0 spiro atoms. The molecule has 4 heteroatoms. The van der Waals surface area contributed by atoms with Crippen LogP contribution in [0.4, 0.5) is 0 Å². The zero-order valence-corrected chi connectivity index (χ0v) is 11.1. The third kappa shape index (κ3) is 4.13. The minimum atomic E-state index is -0.634. The topological polar surface area (TPSA) is 58.6 Å². The lowest BCUT2D eigenvalue weighted by molar-refractivity contribution is -0.132. The van der Waals surface area contributed by atoms with Crippen molar-refractivity contribution >= 4 is 5.91 Å². The third-order valence-electron chi connectivity index (χ3n) is 2.83. The number of benzene rings is 1. The van der Waals surface area contributed by atoms with E-state index < -0.39 is 12.2 Å². The van der Waals surface area contributed by atoms with Crippen LogP contribution in [-0.2, 0) is 9.53 Å². The summed E-state index contributed by atoms with van der Waals surface area (Å²) < 4.78 is 5.20. The largest absolute Gasteiger partial charge is 0.391 e. The molecule has 0 aliphatic rings. The second kappa shape index (κ2) is 7.13. The number of rotatable bonds is 6. The van der Waals surface area contributed by atoms with Crippen molar-refractivity contribution in [1.82, 2.24) is 5.32 Å². The van der Waals surface area contributed by atoms with Crippen LogP contribution in [0.15, 0.2) is 30.3 Å². The second-order valence-electron chi connectivity index (χ2n) is 4.58. The van der Waals surface area contributed by atoms with Crippen LogP contribution >= 0.6 is 0 Å². The van der Waals surface area contributed by atoms with Crippen molar-refractivity contribution in [1.29, 1.82) is 0 Å². The van der Waals surface area contributed by atoms with Gasteiger partial charge in [-0.15, -0.1) is 0 Å². The minimum absolute atomic E-state index is 0.114. The average molecular weight is 251 g/mol. The number of aliphatic hydroxyl groups is 1. The van der Waals surface area contributed by atoms with Crippen molar-refractivity contribution in [2.75, 3.05) is 13.7 Å². The van der Waals surface area contributed by atoms with E-state index in [0.29, 0.717) is 0 Å². The summed E-state index contributed by atoms with van der Waals surface area (Å²) in [6.07, 6.45) is -1.17. The quantitative estimate of drug-likeness (QED) is 0.805. The van der Waals surface area contributed by atoms with E-state index in [1.807, 2.05) is 44.2 Å². The van der Waals surface area contributed by atoms with Crippen LogP contribution in [-0.4, -0.2) is 30.8 Å². The molecule has 1 aromatic rings. The summed E-state index contributed by atoms with van der Waals surface area (Å²) in [5, 5.41) is 12.3. The number of nitrogens with one attached hydrogen (secondary N) is 1. The molecule has 1 amide bonds. The molecule has 100 valence electrons. The maximum atomic E-state index is 12.0. The summed E-state index contributed by atoms with van der Waals surface area (Å²) in [5.74, 6) is -0.119. The van der Waals surface area contributed by atoms with E-state index in [4.69, 9.17) is 4.74 Å². The molecule has 2 unspecified atom stereocenters.